The Morgan fingerprint density at radius 2 is 2.36 bits per heavy atom. The van der Waals surface area contributed by atoms with Crippen molar-refractivity contribution < 1.29 is 4.92 Å². The first-order valence-electron chi connectivity index (χ1n) is 4.50. The van der Waals surface area contributed by atoms with E-state index in [-0.39, 0.29) is 5.69 Å². The van der Waals surface area contributed by atoms with Crippen molar-refractivity contribution in [2.75, 3.05) is 11.9 Å². The van der Waals surface area contributed by atoms with Gasteiger partial charge in [0.1, 0.15) is 12.0 Å². The van der Waals surface area contributed by atoms with Crippen molar-refractivity contribution in [3.8, 4) is 0 Å². The predicted octanol–water partition coefficient (Wildman–Crippen LogP) is 2.12. The summed E-state index contributed by atoms with van der Waals surface area (Å²) in [6.07, 6.45) is 2.28. The van der Waals surface area contributed by atoms with Gasteiger partial charge in [-0.15, -0.1) is 0 Å². The molecule has 0 amide bonds. The summed E-state index contributed by atoms with van der Waals surface area (Å²) in [5.74, 6) is 0.690. The fourth-order valence-corrected chi connectivity index (χ4v) is 1.09. The van der Waals surface area contributed by atoms with Gasteiger partial charge in [-0.05, 0) is 19.4 Å². The first kappa shape index (κ1) is 10.4. The van der Waals surface area contributed by atoms with Crippen molar-refractivity contribution in [2.45, 2.75) is 20.3 Å². The molecule has 0 aliphatic rings. The van der Waals surface area contributed by atoms with E-state index in [1.807, 2.05) is 6.92 Å². The fourth-order valence-electron chi connectivity index (χ4n) is 1.09. The van der Waals surface area contributed by atoms with E-state index >= 15 is 0 Å². The van der Waals surface area contributed by atoms with Gasteiger partial charge in [-0.3, -0.25) is 10.1 Å². The Kier molecular flexibility index (Phi) is 3.39. The fraction of sp³-hybridized carbons (Fsp3) is 0.444. The number of nitrogens with zero attached hydrogens (tertiary/aromatic N) is 2. The number of nitrogens with one attached hydrogen (secondary N) is 1. The van der Waals surface area contributed by atoms with Crippen LogP contribution < -0.4 is 5.32 Å². The van der Waals surface area contributed by atoms with Crippen molar-refractivity contribution in [1.82, 2.24) is 4.98 Å². The van der Waals surface area contributed by atoms with Crippen LogP contribution in [0.5, 0.6) is 0 Å². The topological polar surface area (TPSA) is 68.1 Å². The maximum absolute atomic E-state index is 10.5. The minimum absolute atomic E-state index is 0.0621. The van der Waals surface area contributed by atoms with Crippen LogP contribution >= 0.6 is 0 Å². The van der Waals surface area contributed by atoms with E-state index in [9.17, 15) is 10.1 Å². The summed E-state index contributed by atoms with van der Waals surface area (Å²) in [6, 6.07) is 1.69. The number of aryl methyl sites for hydroxylation is 1. The molecule has 0 spiro atoms. The van der Waals surface area contributed by atoms with Crippen LogP contribution in [0.25, 0.3) is 0 Å². The standard InChI is InChI=1S/C9H13N3O2/c1-3-4-10-9-5-7(2)8(6-11-9)12(13)14/h5-6H,3-4H2,1-2H3,(H,10,11). The molecule has 1 heterocycles. The molecule has 5 heteroatoms. The van der Waals surface area contributed by atoms with Crippen LogP contribution in [0, 0.1) is 17.0 Å². The van der Waals surface area contributed by atoms with Gasteiger partial charge in [0.15, 0.2) is 0 Å². The summed E-state index contributed by atoms with van der Waals surface area (Å²) >= 11 is 0. The molecule has 1 aromatic heterocycles. The number of hydrogen-bond donors (Lipinski definition) is 1. The molecule has 0 saturated carbocycles. The lowest BCUT2D eigenvalue weighted by Crippen LogP contribution is -2.03. The van der Waals surface area contributed by atoms with Gasteiger partial charge in [-0.25, -0.2) is 4.98 Å². The molecule has 0 aliphatic heterocycles. The van der Waals surface area contributed by atoms with E-state index in [4.69, 9.17) is 0 Å². The lowest BCUT2D eigenvalue weighted by Gasteiger charge is -2.04. The molecule has 14 heavy (non-hydrogen) atoms. The molecule has 0 unspecified atom stereocenters. The van der Waals surface area contributed by atoms with Crippen LogP contribution in [0.3, 0.4) is 0 Å². The highest BCUT2D eigenvalue weighted by Crippen LogP contribution is 2.18. The highest BCUT2D eigenvalue weighted by Gasteiger charge is 2.10. The average Bonchev–Trinajstić information content (AvgIpc) is 2.14. The molecule has 0 radical (unpaired) electrons. The van der Waals surface area contributed by atoms with E-state index in [1.165, 1.54) is 6.20 Å². The van der Waals surface area contributed by atoms with E-state index in [1.54, 1.807) is 13.0 Å². The zero-order chi connectivity index (χ0) is 10.6. The highest BCUT2D eigenvalue weighted by molar-refractivity contribution is 5.46. The Labute approximate surface area is 82.3 Å². The molecule has 1 rings (SSSR count). The molecule has 0 bridgehead atoms. The third-order valence-electron chi connectivity index (χ3n) is 1.84. The Morgan fingerprint density at radius 1 is 1.64 bits per heavy atom. The Bertz CT molecular complexity index is 339. The number of hydrogen-bond acceptors (Lipinski definition) is 4. The van der Waals surface area contributed by atoms with Crippen molar-refractivity contribution in [1.29, 1.82) is 0 Å². The van der Waals surface area contributed by atoms with Gasteiger partial charge >= 0.3 is 0 Å². The van der Waals surface area contributed by atoms with E-state index < -0.39 is 4.92 Å². The molecular formula is C9H13N3O2. The van der Waals surface area contributed by atoms with Crippen molar-refractivity contribution in [2.24, 2.45) is 0 Å². The lowest BCUT2D eigenvalue weighted by atomic mass is 10.2. The number of aromatic nitrogens is 1. The summed E-state index contributed by atoms with van der Waals surface area (Å²) in [5, 5.41) is 13.6. The lowest BCUT2D eigenvalue weighted by molar-refractivity contribution is -0.385. The highest BCUT2D eigenvalue weighted by atomic mass is 16.6. The van der Waals surface area contributed by atoms with E-state index in [2.05, 4.69) is 10.3 Å². The van der Waals surface area contributed by atoms with Crippen LogP contribution in [0.15, 0.2) is 12.3 Å². The Hall–Kier alpha value is -1.65. The summed E-state index contributed by atoms with van der Waals surface area (Å²) in [7, 11) is 0. The van der Waals surface area contributed by atoms with Gasteiger partial charge in [0.05, 0.1) is 4.92 Å². The minimum Gasteiger partial charge on any atom is -0.370 e. The van der Waals surface area contributed by atoms with E-state index in [0.29, 0.717) is 11.4 Å². The Morgan fingerprint density at radius 3 is 2.86 bits per heavy atom. The van der Waals surface area contributed by atoms with Crippen LogP contribution in [0.1, 0.15) is 18.9 Å². The summed E-state index contributed by atoms with van der Waals surface area (Å²) in [6.45, 7) is 4.58. The number of rotatable bonds is 4. The Balaban J connectivity index is 2.83. The smallest absolute Gasteiger partial charge is 0.290 e. The molecule has 76 valence electrons. The summed E-state index contributed by atoms with van der Waals surface area (Å²) < 4.78 is 0. The van der Waals surface area contributed by atoms with E-state index in [0.717, 1.165) is 13.0 Å². The molecule has 5 nitrogen and oxygen atoms in total. The number of pyridine rings is 1. The molecular weight excluding hydrogens is 182 g/mol. The maximum Gasteiger partial charge on any atom is 0.290 e. The molecule has 0 atom stereocenters. The predicted molar refractivity (Wildman–Crippen MR) is 54.4 cm³/mol. The third-order valence-corrected chi connectivity index (χ3v) is 1.84. The number of anilines is 1. The molecule has 0 fully saturated rings. The molecule has 0 aromatic carbocycles. The van der Waals surface area contributed by atoms with Gasteiger partial charge in [0, 0.05) is 12.1 Å². The SMILES string of the molecule is CCCNc1cc(C)c([N+](=O)[O-])cn1. The second-order valence-electron chi connectivity index (χ2n) is 3.04. The van der Waals surface area contributed by atoms with Crippen LogP contribution in [0.4, 0.5) is 11.5 Å². The van der Waals surface area contributed by atoms with Gasteiger partial charge in [0.2, 0.25) is 0 Å². The zero-order valence-corrected chi connectivity index (χ0v) is 8.28. The zero-order valence-electron chi connectivity index (χ0n) is 8.28. The minimum atomic E-state index is -0.425. The average molecular weight is 195 g/mol. The van der Waals surface area contributed by atoms with Gasteiger partial charge < -0.3 is 5.32 Å². The monoisotopic (exact) mass is 195 g/mol. The molecule has 0 aliphatic carbocycles. The van der Waals surface area contributed by atoms with Crippen LogP contribution in [0.2, 0.25) is 0 Å². The van der Waals surface area contributed by atoms with Crippen molar-refractivity contribution >= 4 is 11.5 Å². The summed E-state index contributed by atoms with van der Waals surface area (Å²) in [4.78, 5) is 14.0. The van der Waals surface area contributed by atoms with Crippen LogP contribution in [-0.2, 0) is 0 Å². The van der Waals surface area contributed by atoms with Gasteiger partial charge in [0.25, 0.3) is 5.69 Å². The van der Waals surface area contributed by atoms with Crippen molar-refractivity contribution in [3.63, 3.8) is 0 Å². The normalized spacial score (nSPS) is 9.86. The molecule has 1 N–H and O–H groups in total. The number of nitro groups is 1. The second-order valence-corrected chi connectivity index (χ2v) is 3.04. The van der Waals surface area contributed by atoms with Crippen LogP contribution in [-0.4, -0.2) is 16.5 Å². The second kappa shape index (κ2) is 4.55. The first-order chi connectivity index (χ1) is 6.65. The third kappa shape index (κ3) is 2.42. The first-order valence-corrected chi connectivity index (χ1v) is 4.50. The largest absolute Gasteiger partial charge is 0.370 e. The van der Waals surface area contributed by atoms with Gasteiger partial charge in [-0.1, -0.05) is 6.92 Å². The molecule has 0 saturated heterocycles. The summed E-state index contributed by atoms with van der Waals surface area (Å²) in [5.41, 5.74) is 0.690. The van der Waals surface area contributed by atoms with Gasteiger partial charge in [-0.2, -0.15) is 0 Å². The maximum atomic E-state index is 10.5. The van der Waals surface area contributed by atoms with Crippen molar-refractivity contribution in [3.05, 3.63) is 27.9 Å². The quantitative estimate of drug-likeness (QED) is 0.590. The molecule has 1 aromatic rings.